The first-order valence-electron chi connectivity index (χ1n) is 7.62. The molecule has 0 aromatic carbocycles. The van der Waals surface area contributed by atoms with Crippen LogP contribution < -0.4 is 0 Å². The second kappa shape index (κ2) is 4.75. The van der Waals surface area contributed by atoms with Gasteiger partial charge in [0.1, 0.15) is 12.2 Å². The molecule has 4 aliphatic rings. The third kappa shape index (κ3) is 2.20. The van der Waals surface area contributed by atoms with E-state index in [1.54, 1.807) is 6.08 Å². The Morgan fingerprint density at radius 1 is 1.17 bits per heavy atom. The highest BCUT2D eigenvalue weighted by atomic mass is 32.2. The van der Waals surface area contributed by atoms with Crippen LogP contribution in [0.15, 0.2) is 47.6 Å². The van der Waals surface area contributed by atoms with Crippen LogP contribution in [-0.2, 0) is 23.8 Å². The largest absolute Gasteiger partial charge is 0.357 e. The Labute approximate surface area is 135 Å². The Kier molecular flexibility index (Phi) is 3.11. The van der Waals surface area contributed by atoms with Crippen LogP contribution in [-0.4, -0.2) is 38.8 Å². The summed E-state index contributed by atoms with van der Waals surface area (Å²) < 4.78 is 34.2. The van der Waals surface area contributed by atoms with Crippen molar-refractivity contribution in [2.24, 2.45) is 11.8 Å². The molecule has 0 amide bonds. The van der Waals surface area contributed by atoms with Crippen molar-refractivity contribution in [3.05, 3.63) is 47.6 Å². The Hall–Kier alpha value is -1.50. The van der Waals surface area contributed by atoms with Gasteiger partial charge in [0.05, 0.1) is 12.4 Å². The zero-order valence-corrected chi connectivity index (χ0v) is 13.6. The van der Waals surface area contributed by atoms with Crippen LogP contribution in [0.5, 0.6) is 0 Å². The molecule has 2 aliphatic heterocycles. The van der Waals surface area contributed by atoms with E-state index in [0.717, 1.165) is 28.5 Å². The number of allylic oxidation sites excluding steroid dienone is 1. The number of ketones is 1. The van der Waals surface area contributed by atoms with Gasteiger partial charge in [-0.3, -0.25) is 8.98 Å². The van der Waals surface area contributed by atoms with Crippen LogP contribution in [0.3, 0.4) is 0 Å². The van der Waals surface area contributed by atoms with Crippen molar-refractivity contribution in [3.8, 4) is 0 Å². The summed E-state index contributed by atoms with van der Waals surface area (Å²) in [7, 11) is -3.59. The van der Waals surface area contributed by atoms with Crippen molar-refractivity contribution in [1.29, 1.82) is 0 Å². The first kappa shape index (κ1) is 15.1. The van der Waals surface area contributed by atoms with Gasteiger partial charge in [0.15, 0.2) is 5.78 Å². The Morgan fingerprint density at radius 3 is 2.39 bits per heavy atom. The number of carbonyl (C=O) groups excluding carboxylic acids is 1. The highest BCUT2D eigenvalue weighted by Gasteiger charge is 2.52. The standard InChI is InChI=1S/C17H18O5S/c1-8-9(2)17-13-7-11-10(6-12(13)16(8)21-17)14(18)4-5-15(11)22-23(3,19)20/h4-5,10-11,15-17H,1-2,6-7H2,3H3/t10-,11+,15-,16-,17+/m1/s1. The molecule has 1 fully saturated rings. The Bertz CT molecular complexity index is 801. The molecule has 5 atom stereocenters. The van der Waals surface area contributed by atoms with E-state index in [1.165, 1.54) is 6.08 Å². The summed E-state index contributed by atoms with van der Waals surface area (Å²) in [5.41, 5.74) is 4.06. The first-order valence-corrected chi connectivity index (χ1v) is 9.43. The fraction of sp³-hybridized carbons (Fsp3) is 0.471. The third-order valence-electron chi connectivity index (χ3n) is 5.30. The maximum absolute atomic E-state index is 12.3. The normalized spacial score (nSPS) is 39.0. The summed E-state index contributed by atoms with van der Waals surface area (Å²) in [5, 5.41) is 0. The summed E-state index contributed by atoms with van der Waals surface area (Å²) in [6.45, 7) is 8.07. The molecular formula is C17H18O5S. The summed E-state index contributed by atoms with van der Waals surface area (Å²) in [4.78, 5) is 12.3. The van der Waals surface area contributed by atoms with Gasteiger partial charge in [-0.2, -0.15) is 8.42 Å². The SMILES string of the molecule is C=C1C(=C)[C@@H]2O[C@H]1C1=C2C[C@@H]2[C@H](OS(C)(=O)=O)C=CC(=O)[C@@H]2C1. The molecule has 2 heterocycles. The van der Waals surface area contributed by atoms with Gasteiger partial charge in [0, 0.05) is 11.8 Å². The smallest absolute Gasteiger partial charge is 0.264 e. The van der Waals surface area contributed by atoms with Crippen LogP contribution >= 0.6 is 0 Å². The van der Waals surface area contributed by atoms with Crippen LogP contribution in [0, 0.1) is 11.8 Å². The molecule has 0 N–H and O–H groups in total. The molecule has 23 heavy (non-hydrogen) atoms. The van der Waals surface area contributed by atoms with Gasteiger partial charge in [-0.15, -0.1) is 0 Å². The lowest BCUT2D eigenvalue weighted by atomic mass is 9.65. The third-order valence-corrected chi connectivity index (χ3v) is 5.87. The van der Waals surface area contributed by atoms with Gasteiger partial charge >= 0.3 is 0 Å². The van der Waals surface area contributed by atoms with Gasteiger partial charge in [-0.1, -0.05) is 19.2 Å². The van der Waals surface area contributed by atoms with E-state index >= 15 is 0 Å². The highest BCUT2D eigenvalue weighted by Crippen LogP contribution is 2.53. The molecule has 0 aromatic heterocycles. The molecule has 122 valence electrons. The van der Waals surface area contributed by atoms with Gasteiger partial charge in [-0.05, 0) is 41.2 Å². The summed E-state index contributed by atoms with van der Waals surface area (Å²) in [5.74, 6) is -0.401. The van der Waals surface area contributed by atoms with E-state index in [9.17, 15) is 13.2 Å². The van der Waals surface area contributed by atoms with Gasteiger partial charge in [0.25, 0.3) is 10.1 Å². The molecule has 5 nitrogen and oxygen atoms in total. The molecule has 0 spiro atoms. The molecule has 0 saturated carbocycles. The first-order chi connectivity index (χ1) is 10.8. The molecule has 1 saturated heterocycles. The van der Waals surface area contributed by atoms with E-state index < -0.39 is 16.2 Å². The summed E-state index contributed by atoms with van der Waals surface area (Å²) >= 11 is 0. The molecule has 0 aromatic rings. The minimum atomic E-state index is -3.59. The molecule has 2 bridgehead atoms. The molecular weight excluding hydrogens is 316 g/mol. The highest BCUT2D eigenvalue weighted by molar-refractivity contribution is 7.86. The number of fused-ring (bicyclic) bond motifs is 5. The zero-order chi connectivity index (χ0) is 16.5. The summed E-state index contributed by atoms with van der Waals surface area (Å²) in [6, 6.07) is 0. The number of carbonyl (C=O) groups is 1. The number of rotatable bonds is 2. The lowest BCUT2D eigenvalue weighted by Gasteiger charge is -2.39. The van der Waals surface area contributed by atoms with E-state index in [1.807, 2.05) is 0 Å². The van der Waals surface area contributed by atoms with Gasteiger partial charge < -0.3 is 4.74 Å². The summed E-state index contributed by atoms with van der Waals surface area (Å²) in [6.07, 6.45) is 4.32. The lowest BCUT2D eigenvalue weighted by Crippen LogP contribution is -2.41. The molecule has 0 radical (unpaired) electrons. The van der Waals surface area contributed by atoms with Crippen molar-refractivity contribution in [2.45, 2.75) is 31.2 Å². The van der Waals surface area contributed by atoms with Gasteiger partial charge in [0.2, 0.25) is 0 Å². The van der Waals surface area contributed by atoms with Crippen molar-refractivity contribution in [1.82, 2.24) is 0 Å². The maximum atomic E-state index is 12.3. The van der Waals surface area contributed by atoms with E-state index in [-0.39, 0.29) is 29.8 Å². The number of hydrogen-bond acceptors (Lipinski definition) is 5. The van der Waals surface area contributed by atoms with E-state index in [2.05, 4.69) is 13.2 Å². The Morgan fingerprint density at radius 2 is 1.78 bits per heavy atom. The number of ether oxygens (including phenoxy) is 1. The molecule has 6 heteroatoms. The van der Waals surface area contributed by atoms with Crippen molar-refractivity contribution in [2.75, 3.05) is 6.26 Å². The predicted octanol–water partition coefficient (Wildman–Crippen LogP) is 1.69. The van der Waals surface area contributed by atoms with Crippen molar-refractivity contribution < 1.29 is 22.1 Å². The van der Waals surface area contributed by atoms with E-state index in [0.29, 0.717) is 12.8 Å². The second-order valence-corrected chi connectivity index (χ2v) is 8.30. The van der Waals surface area contributed by atoms with Crippen molar-refractivity contribution >= 4 is 15.9 Å². The topological polar surface area (TPSA) is 69.7 Å². The maximum Gasteiger partial charge on any atom is 0.264 e. The van der Waals surface area contributed by atoms with Gasteiger partial charge in [-0.25, -0.2) is 0 Å². The average molecular weight is 334 g/mol. The number of hydrogen-bond donors (Lipinski definition) is 0. The zero-order valence-electron chi connectivity index (χ0n) is 12.8. The average Bonchev–Trinajstić information content (AvgIpc) is 2.97. The van der Waals surface area contributed by atoms with E-state index in [4.69, 9.17) is 8.92 Å². The predicted molar refractivity (Wildman–Crippen MR) is 84.0 cm³/mol. The second-order valence-electron chi connectivity index (χ2n) is 6.70. The molecule has 4 rings (SSSR count). The fourth-order valence-corrected chi connectivity index (χ4v) is 4.85. The Balaban J connectivity index is 1.70. The monoisotopic (exact) mass is 334 g/mol. The van der Waals surface area contributed by atoms with Crippen molar-refractivity contribution in [3.63, 3.8) is 0 Å². The molecule has 0 unspecified atom stereocenters. The quantitative estimate of drug-likeness (QED) is 0.568. The lowest BCUT2D eigenvalue weighted by molar-refractivity contribution is -0.122. The minimum absolute atomic E-state index is 0.0297. The molecule has 2 aliphatic carbocycles. The van der Waals surface area contributed by atoms with Crippen LogP contribution in [0.2, 0.25) is 0 Å². The van der Waals surface area contributed by atoms with Crippen LogP contribution in [0.1, 0.15) is 12.8 Å². The fourth-order valence-electron chi connectivity index (χ4n) is 4.24. The van der Waals surface area contributed by atoms with Crippen LogP contribution in [0.25, 0.3) is 0 Å². The minimum Gasteiger partial charge on any atom is -0.357 e. The van der Waals surface area contributed by atoms with Crippen LogP contribution in [0.4, 0.5) is 0 Å².